The largest absolute Gasteiger partial charge is 0.323 e. The highest BCUT2D eigenvalue weighted by Crippen LogP contribution is 2.32. The van der Waals surface area contributed by atoms with E-state index >= 15 is 0 Å². The molecule has 2 aromatic carbocycles. The molecule has 1 N–H and O–H groups in total. The SMILES string of the molecule is O=C1CN(C(=O)C2CCCN(Cc3c(F)cccc3Cl)C2)c2ccccc2N1. The third-order valence-electron chi connectivity index (χ3n) is 5.33. The molecule has 2 aliphatic rings. The Balaban J connectivity index is 1.51. The minimum absolute atomic E-state index is 0.0193. The molecule has 0 bridgehead atoms. The molecule has 2 amide bonds. The van der Waals surface area contributed by atoms with Crippen molar-refractivity contribution in [2.24, 2.45) is 5.92 Å². The van der Waals surface area contributed by atoms with Crippen LogP contribution < -0.4 is 10.2 Å². The summed E-state index contributed by atoms with van der Waals surface area (Å²) in [5, 5.41) is 3.20. The van der Waals surface area contributed by atoms with Gasteiger partial charge >= 0.3 is 0 Å². The normalized spacial score (nSPS) is 19.9. The van der Waals surface area contributed by atoms with Crippen LogP contribution in [0.3, 0.4) is 0 Å². The van der Waals surface area contributed by atoms with Gasteiger partial charge in [-0.2, -0.15) is 0 Å². The Bertz CT molecular complexity index is 900. The predicted molar refractivity (Wildman–Crippen MR) is 107 cm³/mol. The Kier molecular flexibility index (Phi) is 5.33. The highest BCUT2D eigenvalue weighted by molar-refractivity contribution is 6.31. The smallest absolute Gasteiger partial charge is 0.244 e. The monoisotopic (exact) mass is 401 g/mol. The number of carbonyl (C=O) groups is 2. The van der Waals surface area contributed by atoms with Gasteiger partial charge in [-0.25, -0.2) is 4.39 Å². The van der Waals surface area contributed by atoms with E-state index in [0.717, 1.165) is 25.1 Å². The summed E-state index contributed by atoms with van der Waals surface area (Å²) in [4.78, 5) is 28.9. The third-order valence-corrected chi connectivity index (χ3v) is 5.69. The fourth-order valence-corrected chi connectivity index (χ4v) is 4.18. The first-order chi connectivity index (χ1) is 13.5. The maximum atomic E-state index is 14.1. The Morgan fingerprint density at radius 1 is 1.21 bits per heavy atom. The molecular formula is C21H21ClFN3O2. The van der Waals surface area contributed by atoms with E-state index in [1.807, 2.05) is 18.2 Å². The number of nitrogens with one attached hydrogen (secondary N) is 1. The van der Waals surface area contributed by atoms with Gasteiger partial charge in [0.05, 0.1) is 17.3 Å². The average molecular weight is 402 g/mol. The van der Waals surface area contributed by atoms with Gasteiger partial charge in [-0.3, -0.25) is 14.5 Å². The molecule has 2 heterocycles. The topological polar surface area (TPSA) is 52.7 Å². The molecule has 0 radical (unpaired) electrons. The molecule has 1 fully saturated rings. The zero-order chi connectivity index (χ0) is 19.7. The molecule has 0 aliphatic carbocycles. The number of halogens is 2. The number of piperidine rings is 1. The lowest BCUT2D eigenvalue weighted by atomic mass is 9.95. The molecule has 28 heavy (non-hydrogen) atoms. The summed E-state index contributed by atoms with van der Waals surface area (Å²) in [6, 6.07) is 12.0. The van der Waals surface area contributed by atoms with Crippen molar-refractivity contribution in [1.29, 1.82) is 0 Å². The van der Waals surface area contributed by atoms with E-state index in [0.29, 0.717) is 29.4 Å². The number of carbonyl (C=O) groups excluding carboxylic acids is 2. The predicted octanol–water partition coefficient (Wildman–Crippen LogP) is 3.68. The standard InChI is InChI=1S/C21H21ClFN3O2/c22-16-6-3-7-17(23)15(16)12-25-10-4-5-14(11-25)21(28)26-13-20(27)24-18-8-1-2-9-19(18)26/h1-3,6-9,14H,4-5,10-13H2,(H,24,27). The number of amides is 2. The van der Waals surface area contributed by atoms with Crippen molar-refractivity contribution in [3.8, 4) is 0 Å². The molecule has 2 aliphatic heterocycles. The number of hydrogen-bond acceptors (Lipinski definition) is 3. The molecule has 5 nitrogen and oxygen atoms in total. The van der Waals surface area contributed by atoms with Crippen LogP contribution in [0.4, 0.5) is 15.8 Å². The van der Waals surface area contributed by atoms with Crippen molar-refractivity contribution < 1.29 is 14.0 Å². The van der Waals surface area contributed by atoms with Crippen LogP contribution in [0.2, 0.25) is 5.02 Å². The van der Waals surface area contributed by atoms with E-state index in [-0.39, 0.29) is 30.1 Å². The van der Waals surface area contributed by atoms with Gasteiger partial charge in [0.15, 0.2) is 0 Å². The summed E-state index contributed by atoms with van der Waals surface area (Å²) in [6.45, 7) is 1.69. The quantitative estimate of drug-likeness (QED) is 0.853. The lowest BCUT2D eigenvalue weighted by molar-refractivity contribution is -0.126. The van der Waals surface area contributed by atoms with Gasteiger partial charge in [-0.1, -0.05) is 29.8 Å². The fraction of sp³-hybridized carbons (Fsp3) is 0.333. The summed E-state index contributed by atoms with van der Waals surface area (Å²) in [7, 11) is 0. The van der Waals surface area contributed by atoms with Crippen LogP contribution >= 0.6 is 11.6 Å². The second-order valence-corrected chi connectivity index (χ2v) is 7.67. The molecule has 1 saturated heterocycles. The number of anilines is 2. The number of hydrogen-bond donors (Lipinski definition) is 1. The summed E-state index contributed by atoms with van der Waals surface area (Å²) in [5.74, 6) is -0.828. The van der Waals surface area contributed by atoms with Gasteiger partial charge < -0.3 is 10.2 Å². The van der Waals surface area contributed by atoms with Crippen LogP contribution in [0.15, 0.2) is 42.5 Å². The fourth-order valence-electron chi connectivity index (χ4n) is 3.96. The number of fused-ring (bicyclic) bond motifs is 1. The van der Waals surface area contributed by atoms with Gasteiger partial charge in [0.1, 0.15) is 12.4 Å². The van der Waals surface area contributed by atoms with Gasteiger partial charge in [0.2, 0.25) is 11.8 Å². The molecule has 4 rings (SSSR count). The number of benzene rings is 2. The van der Waals surface area contributed by atoms with Crippen molar-refractivity contribution in [1.82, 2.24) is 4.90 Å². The first-order valence-electron chi connectivity index (χ1n) is 9.38. The molecule has 1 unspecified atom stereocenters. The van der Waals surface area contributed by atoms with Crippen molar-refractivity contribution >= 4 is 34.8 Å². The number of para-hydroxylation sites is 2. The zero-order valence-corrected chi connectivity index (χ0v) is 16.1. The van der Waals surface area contributed by atoms with Gasteiger partial charge in [-0.05, 0) is 43.7 Å². The van der Waals surface area contributed by atoms with Gasteiger partial charge in [0, 0.05) is 23.7 Å². The Hall–Kier alpha value is -2.44. The lowest BCUT2D eigenvalue weighted by Crippen LogP contribution is -2.49. The van der Waals surface area contributed by atoms with E-state index in [2.05, 4.69) is 10.2 Å². The van der Waals surface area contributed by atoms with E-state index in [1.165, 1.54) is 6.07 Å². The Morgan fingerprint density at radius 3 is 2.86 bits per heavy atom. The van der Waals surface area contributed by atoms with Crippen LogP contribution in [-0.4, -0.2) is 36.3 Å². The highest BCUT2D eigenvalue weighted by Gasteiger charge is 2.34. The summed E-state index contributed by atoms with van der Waals surface area (Å²) in [6.07, 6.45) is 1.59. The summed E-state index contributed by atoms with van der Waals surface area (Å²) in [5.41, 5.74) is 1.83. The second kappa shape index (κ2) is 7.89. The third kappa shape index (κ3) is 3.75. The van der Waals surface area contributed by atoms with E-state index < -0.39 is 0 Å². The number of nitrogens with zero attached hydrogens (tertiary/aromatic N) is 2. The first-order valence-corrected chi connectivity index (χ1v) is 9.76. The van der Waals surface area contributed by atoms with E-state index in [9.17, 15) is 14.0 Å². The molecule has 0 saturated carbocycles. The zero-order valence-electron chi connectivity index (χ0n) is 15.3. The molecule has 1 atom stereocenters. The highest BCUT2D eigenvalue weighted by atomic mass is 35.5. The molecule has 2 aromatic rings. The Morgan fingerprint density at radius 2 is 2.04 bits per heavy atom. The maximum absolute atomic E-state index is 14.1. The minimum Gasteiger partial charge on any atom is -0.323 e. The molecule has 0 spiro atoms. The Labute approximate surface area is 168 Å². The maximum Gasteiger partial charge on any atom is 0.244 e. The second-order valence-electron chi connectivity index (χ2n) is 7.26. The van der Waals surface area contributed by atoms with Crippen molar-refractivity contribution in [2.45, 2.75) is 19.4 Å². The van der Waals surface area contributed by atoms with Crippen molar-refractivity contribution in [3.05, 3.63) is 58.9 Å². The minimum atomic E-state index is -0.331. The van der Waals surface area contributed by atoms with Crippen LogP contribution in [0, 0.1) is 11.7 Å². The first kappa shape index (κ1) is 18.9. The molecule has 0 aromatic heterocycles. The molecule has 7 heteroatoms. The van der Waals surface area contributed by atoms with Crippen LogP contribution in [0.5, 0.6) is 0 Å². The number of likely N-dealkylation sites (tertiary alicyclic amines) is 1. The van der Waals surface area contributed by atoms with Crippen LogP contribution in [0.1, 0.15) is 18.4 Å². The van der Waals surface area contributed by atoms with E-state index in [1.54, 1.807) is 23.1 Å². The van der Waals surface area contributed by atoms with Crippen molar-refractivity contribution in [3.63, 3.8) is 0 Å². The average Bonchev–Trinajstić information content (AvgIpc) is 2.70. The summed E-state index contributed by atoms with van der Waals surface area (Å²) >= 11 is 6.16. The molecule has 146 valence electrons. The van der Waals surface area contributed by atoms with E-state index in [4.69, 9.17) is 11.6 Å². The lowest BCUT2D eigenvalue weighted by Gasteiger charge is -2.36. The van der Waals surface area contributed by atoms with Crippen LogP contribution in [0.25, 0.3) is 0 Å². The van der Waals surface area contributed by atoms with Gasteiger partial charge in [-0.15, -0.1) is 0 Å². The van der Waals surface area contributed by atoms with Crippen LogP contribution in [-0.2, 0) is 16.1 Å². The van der Waals surface area contributed by atoms with Crippen molar-refractivity contribution in [2.75, 3.05) is 29.9 Å². The summed E-state index contributed by atoms with van der Waals surface area (Å²) < 4.78 is 14.1. The number of rotatable bonds is 3. The molecular weight excluding hydrogens is 381 g/mol. The van der Waals surface area contributed by atoms with Gasteiger partial charge in [0.25, 0.3) is 0 Å².